The van der Waals surface area contributed by atoms with Crippen molar-refractivity contribution < 1.29 is 8.42 Å². The van der Waals surface area contributed by atoms with Gasteiger partial charge in [-0.25, -0.2) is 13.4 Å². The molecule has 0 saturated carbocycles. The molecule has 80 valence electrons. The van der Waals surface area contributed by atoms with E-state index in [0.717, 1.165) is 5.69 Å². The number of halogens is 1. The lowest BCUT2D eigenvalue weighted by Gasteiger charge is -2.12. The lowest BCUT2D eigenvalue weighted by molar-refractivity contribution is 0.563. The van der Waals surface area contributed by atoms with E-state index in [1.807, 2.05) is 18.4 Å². The molecule has 0 unspecified atom stereocenters. The first kappa shape index (κ1) is 11.7. The minimum atomic E-state index is -3.00. The maximum Gasteiger partial charge on any atom is 0.177 e. The molecular weight excluding hydrogens is 268 g/mol. The molecule has 0 aliphatic rings. The van der Waals surface area contributed by atoms with E-state index in [1.54, 1.807) is 6.20 Å². The van der Waals surface area contributed by atoms with Gasteiger partial charge in [-0.3, -0.25) is 0 Å². The van der Waals surface area contributed by atoms with E-state index in [-0.39, 0.29) is 11.8 Å². The number of nitrogens with zero attached hydrogens (tertiary/aromatic N) is 2. The van der Waals surface area contributed by atoms with Crippen molar-refractivity contribution in [2.45, 2.75) is 25.6 Å². The average molecular weight is 281 g/mol. The summed E-state index contributed by atoms with van der Waals surface area (Å²) in [5, 5.41) is 0. The summed E-state index contributed by atoms with van der Waals surface area (Å²) in [7, 11) is -3.00. The van der Waals surface area contributed by atoms with Gasteiger partial charge in [-0.15, -0.1) is 0 Å². The first-order valence-electron chi connectivity index (χ1n) is 4.20. The fraction of sp³-hybridized carbons (Fsp3) is 0.625. The SMILES string of the molecule is CC(C)n1c(CS(C)(=O)=O)cnc1Br. The van der Waals surface area contributed by atoms with Crippen molar-refractivity contribution in [2.75, 3.05) is 6.26 Å². The molecule has 0 bridgehead atoms. The zero-order valence-electron chi connectivity index (χ0n) is 8.36. The van der Waals surface area contributed by atoms with Crippen molar-refractivity contribution in [1.82, 2.24) is 9.55 Å². The van der Waals surface area contributed by atoms with Crippen molar-refractivity contribution in [2.24, 2.45) is 0 Å². The average Bonchev–Trinajstić information content (AvgIpc) is 2.27. The minimum Gasteiger partial charge on any atom is -0.319 e. The van der Waals surface area contributed by atoms with Crippen LogP contribution in [-0.2, 0) is 15.6 Å². The number of aromatic nitrogens is 2. The Morgan fingerprint density at radius 3 is 2.57 bits per heavy atom. The van der Waals surface area contributed by atoms with Crippen LogP contribution in [0.15, 0.2) is 10.9 Å². The van der Waals surface area contributed by atoms with Gasteiger partial charge in [0.15, 0.2) is 14.6 Å². The van der Waals surface area contributed by atoms with Crippen LogP contribution >= 0.6 is 15.9 Å². The molecule has 1 aromatic rings. The summed E-state index contributed by atoms with van der Waals surface area (Å²) >= 11 is 3.28. The Balaban J connectivity index is 3.10. The van der Waals surface area contributed by atoms with E-state index in [0.29, 0.717) is 4.73 Å². The molecule has 0 amide bonds. The van der Waals surface area contributed by atoms with Crippen LogP contribution in [0.5, 0.6) is 0 Å². The van der Waals surface area contributed by atoms with Crippen LogP contribution in [0.1, 0.15) is 25.6 Å². The number of hydrogen-bond donors (Lipinski definition) is 0. The molecule has 1 aromatic heterocycles. The molecule has 4 nitrogen and oxygen atoms in total. The largest absolute Gasteiger partial charge is 0.319 e. The van der Waals surface area contributed by atoms with E-state index >= 15 is 0 Å². The molecule has 6 heteroatoms. The summed E-state index contributed by atoms with van der Waals surface area (Å²) in [6.07, 6.45) is 2.81. The van der Waals surface area contributed by atoms with E-state index in [4.69, 9.17) is 0 Å². The molecule has 0 aliphatic carbocycles. The van der Waals surface area contributed by atoms with Gasteiger partial charge in [-0.1, -0.05) is 0 Å². The van der Waals surface area contributed by atoms with E-state index in [9.17, 15) is 8.42 Å². The summed E-state index contributed by atoms with van der Waals surface area (Å²) < 4.78 is 24.8. The lowest BCUT2D eigenvalue weighted by atomic mass is 10.4. The van der Waals surface area contributed by atoms with Crippen molar-refractivity contribution in [3.8, 4) is 0 Å². The molecule has 0 fully saturated rings. The number of hydrogen-bond acceptors (Lipinski definition) is 3. The number of sulfone groups is 1. The zero-order chi connectivity index (χ0) is 10.9. The van der Waals surface area contributed by atoms with Crippen molar-refractivity contribution in [3.63, 3.8) is 0 Å². The predicted molar refractivity (Wildman–Crippen MR) is 58.9 cm³/mol. The van der Waals surface area contributed by atoms with Crippen molar-refractivity contribution in [3.05, 3.63) is 16.6 Å². The van der Waals surface area contributed by atoms with Gasteiger partial charge in [0.25, 0.3) is 0 Å². The van der Waals surface area contributed by atoms with E-state index < -0.39 is 9.84 Å². The van der Waals surface area contributed by atoms with Crippen molar-refractivity contribution in [1.29, 1.82) is 0 Å². The quantitative estimate of drug-likeness (QED) is 0.848. The molecule has 0 spiro atoms. The molecule has 0 radical (unpaired) electrons. The third kappa shape index (κ3) is 2.81. The first-order valence-corrected chi connectivity index (χ1v) is 7.06. The van der Waals surface area contributed by atoms with Crippen LogP contribution in [0.3, 0.4) is 0 Å². The smallest absolute Gasteiger partial charge is 0.177 e. The predicted octanol–water partition coefficient (Wildman–Crippen LogP) is 1.77. The Morgan fingerprint density at radius 2 is 2.14 bits per heavy atom. The molecule has 14 heavy (non-hydrogen) atoms. The topological polar surface area (TPSA) is 52.0 Å². The van der Waals surface area contributed by atoms with Gasteiger partial charge in [0.05, 0.1) is 17.6 Å². The Kier molecular flexibility index (Phi) is 3.36. The molecule has 1 rings (SSSR count). The van der Waals surface area contributed by atoms with Gasteiger partial charge in [0, 0.05) is 12.3 Å². The normalized spacial score (nSPS) is 12.4. The monoisotopic (exact) mass is 280 g/mol. The van der Waals surface area contributed by atoms with Gasteiger partial charge in [0.2, 0.25) is 0 Å². The van der Waals surface area contributed by atoms with Crippen LogP contribution in [0.2, 0.25) is 0 Å². The third-order valence-corrected chi connectivity index (χ3v) is 3.16. The highest BCUT2D eigenvalue weighted by molar-refractivity contribution is 9.10. The molecular formula is C8H13BrN2O2S. The second kappa shape index (κ2) is 4.02. The molecule has 0 aromatic carbocycles. The number of imidazole rings is 1. The van der Waals surface area contributed by atoms with Gasteiger partial charge in [0.1, 0.15) is 0 Å². The lowest BCUT2D eigenvalue weighted by Crippen LogP contribution is -2.10. The van der Waals surface area contributed by atoms with Crippen molar-refractivity contribution >= 4 is 25.8 Å². The summed E-state index contributed by atoms with van der Waals surface area (Å²) in [5.41, 5.74) is 0.717. The molecule has 0 saturated heterocycles. The summed E-state index contributed by atoms with van der Waals surface area (Å²) in [6, 6.07) is 0.198. The standard InChI is InChI=1S/C8H13BrN2O2S/c1-6(2)11-7(4-10-8(11)9)5-14(3,12)13/h4,6H,5H2,1-3H3. The van der Waals surface area contributed by atoms with Gasteiger partial charge >= 0.3 is 0 Å². The summed E-state index contributed by atoms with van der Waals surface area (Å²) in [6.45, 7) is 3.97. The van der Waals surface area contributed by atoms with Crippen LogP contribution in [0, 0.1) is 0 Å². The number of rotatable bonds is 3. The second-order valence-corrected chi connectivity index (χ2v) is 6.40. The molecule has 1 heterocycles. The minimum absolute atomic E-state index is 0.0315. The Labute approximate surface area is 92.4 Å². The van der Waals surface area contributed by atoms with Crippen LogP contribution < -0.4 is 0 Å². The van der Waals surface area contributed by atoms with Crippen LogP contribution in [0.25, 0.3) is 0 Å². The van der Waals surface area contributed by atoms with Gasteiger partial charge in [-0.2, -0.15) is 0 Å². The Bertz CT molecular complexity index is 423. The van der Waals surface area contributed by atoms with E-state index in [1.165, 1.54) is 6.26 Å². The van der Waals surface area contributed by atoms with Gasteiger partial charge < -0.3 is 4.57 Å². The highest BCUT2D eigenvalue weighted by atomic mass is 79.9. The Morgan fingerprint density at radius 1 is 1.57 bits per heavy atom. The second-order valence-electron chi connectivity index (χ2n) is 3.55. The maximum atomic E-state index is 11.1. The molecule has 0 N–H and O–H groups in total. The maximum absolute atomic E-state index is 11.1. The van der Waals surface area contributed by atoms with Crippen LogP contribution in [0.4, 0.5) is 0 Å². The third-order valence-electron chi connectivity index (χ3n) is 1.75. The Hall–Kier alpha value is -0.360. The van der Waals surface area contributed by atoms with E-state index in [2.05, 4.69) is 20.9 Å². The fourth-order valence-corrected chi connectivity index (χ4v) is 2.78. The zero-order valence-corrected chi connectivity index (χ0v) is 10.8. The summed E-state index contributed by atoms with van der Waals surface area (Å²) in [4.78, 5) is 4.04. The first-order chi connectivity index (χ1) is 6.31. The fourth-order valence-electron chi connectivity index (χ4n) is 1.29. The summed E-state index contributed by atoms with van der Waals surface area (Å²) in [5.74, 6) is 0.0315. The molecule has 0 aliphatic heterocycles. The van der Waals surface area contributed by atoms with Gasteiger partial charge in [-0.05, 0) is 29.8 Å². The highest BCUT2D eigenvalue weighted by Gasteiger charge is 2.14. The highest BCUT2D eigenvalue weighted by Crippen LogP contribution is 2.19. The molecule has 0 atom stereocenters. The van der Waals surface area contributed by atoms with Crippen LogP contribution in [-0.4, -0.2) is 24.2 Å².